The van der Waals surface area contributed by atoms with Gasteiger partial charge in [0.1, 0.15) is 0 Å². The molecule has 1 heterocycles. The largest absolute Gasteiger partial charge is 0.493 e. The zero-order valence-corrected chi connectivity index (χ0v) is 13.4. The number of nitrogens with zero attached hydrogens (tertiary/aromatic N) is 2. The second kappa shape index (κ2) is 7.47. The van der Waals surface area contributed by atoms with Gasteiger partial charge in [-0.05, 0) is 19.1 Å². The summed E-state index contributed by atoms with van der Waals surface area (Å²) in [5.41, 5.74) is 0.519. The van der Waals surface area contributed by atoms with Crippen LogP contribution < -0.4 is 9.47 Å². The van der Waals surface area contributed by atoms with E-state index in [9.17, 15) is 9.90 Å². The quantitative estimate of drug-likeness (QED) is 0.873. The van der Waals surface area contributed by atoms with E-state index in [1.54, 1.807) is 32.2 Å². The molecule has 1 aromatic rings. The first-order chi connectivity index (χ1) is 10.6. The zero-order valence-electron chi connectivity index (χ0n) is 13.4. The molecule has 1 atom stereocenters. The molecule has 1 N–H and O–H groups in total. The molecule has 1 aliphatic rings. The molecule has 0 saturated carbocycles. The van der Waals surface area contributed by atoms with Crippen LogP contribution in [0.2, 0.25) is 0 Å². The monoisotopic (exact) mass is 308 g/mol. The van der Waals surface area contributed by atoms with Crippen molar-refractivity contribution in [1.29, 1.82) is 0 Å². The van der Waals surface area contributed by atoms with Crippen molar-refractivity contribution in [2.24, 2.45) is 0 Å². The number of ether oxygens (including phenoxy) is 2. The van der Waals surface area contributed by atoms with Crippen LogP contribution in [0.15, 0.2) is 18.2 Å². The summed E-state index contributed by atoms with van der Waals surface area (Å²) in [7, 11) is 3.09. The lowest BCUT2D eigenvalue weighted by molar-refractivity contribution is 0.0551. The first kappa shape index (κ1) is 16.6. The number of piperazine rings is 1. The molecule has 1 fully saturated rings. The SMILES string of the molecule is COc1cccc(C(=O)N2CCN(CC(C)O)CC2)c1OC. The Hall–Kier alpha value is -1.79. The smallest absolute Gasteiger partial charge is 0.257 e. The summed E-state index contributed by atoms with van der Waals surface area (Å²) in [5.74, 6) is 0.981. The molecular weight excluding hydrogens is 284 g/mol. The van der Waals surface area contributed by atoms with Crippen LogP contribution in [0.5, 0.6) is 11.5 Å². The van der Waals surface area contributed by atoms with Crippen molar-refractivity contribution in [2.45, 2.75) is 13.0 Å². The molecule has 0 radical (unpaired) electrons. The van der Waals surface area contributed by atoms with Crippen molar-refractivity contribution < 1.29 is 19.4 Å². The molecule has 1 saturated heterocycles. The van der Waals surface area contributed by atoms with Gasteiger partial charge < -0.3 is 19.5 Å². The predicted molar refractivity (Wildman–Crippen MR) is 83.6 cm³/mol. The van der Waals surface area contributed by atoms with E-state index in [4.69, 9.17) is 9.47 Å². The lowest BCUT2D eigenvalue weighted by Gasteiger charge is -2.35. The highest BCUT2D eigenvalue weighted by atomic mass is 16.5. The van der Waals surface area contributed by atoms with Gasteiger partial charge in [-0.15, -0.1) is 0 Å². The Kier molecular flexibility index (Phi) is 5.63. The van der Waals surface area contributed by atoms with Gasteiger partial charge in [0.25, 0.3) is 5.91 Å². The van der Waals surface area contributed by atoms with Gasteiger partial charge >= 0.3 is 0 Å². The molecule has 1 aliphatic heterocycles. The lowest BCUT2D eigenvalue weighted by atomic mass is 10.1. The second-order valence-corrected chi connectivity index (χ2v) is 5.48. The van der Waals surface area contributed by atoms with Gasteiger partial charge in [-0.2, -0.15) is 0 Å². The van der Waals surface area contributed by atoms with Crippen LogP contribution >= 0.6 is 0 Å². The van der Waals surface area contributed by atoms with Gasteiger partial charge in [0, 0.05) is 32.7 Å². The summed E-state index contributed by atoms with van der Waals surface area (Å²) in [6.45, 7) is 5.24. The average Bonchev–Trinajstić information content (AvgIpc) is 2.53. The molecule has 122 valence electrons. The van der Waals surface area contributed by atoms with E-state index in [1.807, 2.05) is 4.90 Å². The molecule has 0 aromatic heterocycles. The van der Waals surface area contributed by atoms with Gasteiger partial charge in [0.15, 0.2) is 11.5 Å². The molecular formula is C16H24N2O4. The predicted octanol–water partition coefficient (Wildman–Crippen LogP) is 0.842. The standard InChI is InChI=1S/C16H24N2O4/c1-12(19)11-17-7-9-18(10-8-17)16(20)13-5-4-6-14(21-2)15(13)22-3/h4-6,12,19H,7-11H2,1-3H3. The molecule has 0 bridgehead atoms. The Morgan fingerprint density at radius 1 is 1.23 bits per heavy atom. The van der Waals surface area contributed by atoms with E-state index >= 15 is 0 Å². The van der Waals surface area contributed by atoms with Crippen molar-refractivity contribution in [3.8, 4) is 11.5 Å². The number of hydrogen-bond donors (Lipinski definition) is 1. The van der Waals surface area contributed by atoms with Crippen LogP contribution in [-0.4, -0.2) is 73.9 Å². The summed E-state index contributed by atoms with van der Waals surface area (Å²) in [6.07, 6.45) is -0.347. The molecule has 1 unspecified atom stereocenters. The average molecular weight is 308 g/mol. The highest BCUT2D eigenvalue weighted by Gasteiger charge is 2.25. The van der Waals surface area contributed by atoms with Crippen LogP contribution in [0.4, 0.5) is 0 Å². The van der Waals surface area contributed by atoms with Crippen LogP contribution in [0, 0.1) is 0 Å². The summed E-state index contributed by atoms with van der Waals surface area (Å²) in [6, 6.07) is 5.32. The molecule has 1 amide bonds. The second-order valence-electron chi connectivity index (χ2n) is 5.48. The Morgan fingerprint density at radius 3 is 2.45 bits per heavy atom. The maximum Gasteiger partial charge on any atom is 0.257 e. The molecule has 0 aliphatic carbocycles. The van der Waals surface area contributed by atoms with Crippen molar-refractivity contribution in [1.82, 2.24) is 9.80 Å². The van der Waals surface area contributed by atoms with E-state index in [0.29, 0.717) is 36.7 Å². The number of benzene rings is 1. The highest BCUT2D eigenvalue weighted by Crippen LogP contribution is 2.31. The Labute approximate surface area is 131 Å². The first-order valence-corrected chi connectivity index (χ1v) is 7.47. The Morgan fingerprint density at radius 2 is 1.91 bits per heavy atom. The van der Waals surface area contributed by atoms with Crippen LogP contribution in [0.1, 0.15) is 17.3 Å². The van der Waals surface area contributed by atoms with E-state index in [-0.39, 0.29) is 12.0 Å². The summed E-state index contributed by atoms with van der Waals surface area (Å²) in [5, 5.41) is 9.43. The van der Waals surface area contributed by atoms with E-state index < -0.39 is 0 Å². The van der Waals surface area contributed by atoms with Crippen LogP contribution in [0.25, 0.3) is 0 Å². The number of methoxy groups -OCH3 is 2. The Balaban J connectivity index is 2.07. The summed E-state index contributed by atoms with van der Waals surface area (Å²) in [4.78, 5) is 16.7. The number of aliphatic hydroxyl groups excluding tert-OH is 1. The molecule has 22 heavy (non-hydrogen) atoms. The Bertz CT molecular complexity index is 511. The molecule has 2 rings (SSSR count). The lowest BCUT2D eigenvalue weighted by Crippen LogP contribution is -2.50. The van der Waals surface area contributed by atoms with Crippen LogP contribution in [-0.2, 0) is 0 Å². The number of para-hydroxylation sites is 1. The molecule has 1 aromatic carbocycles. The van der Waals surface area contributed by atoms with Crippen molar-refractivity contribution in [3.63, 3.8) is 0 Å². The first-order valence-electron chi connectivity index (χ1n) is 7.47. The van der Waals surface area contributed by atoms with Crippen molar-refractivity contribution in [2.75, 3.05) is 46.9 Å². The fourth-order valence-electron chi connectivity index (χ4n) is 2.73. The van der Waals surface area contributed by atoms with E-state index in [2.05, 4.69) is 4.90 Å². The van der Waals surface area contributed by atoms with Gasteiger partial charge in [-0.3, -0.25) is 9.69 Å². The third-order valence-electron chi connectivity index (χ3n) is 3.82. The van der Waals surface area contributed by atoms with Crippen LogP contribution in [0.3, 0.4) is 0 Å². The number of β-amino-alcohol motifs (C(OH)–C–C–N with tert-alkyl or cyclic N) is 1. The van der Waals surface area contributed by atoms with Gasteiger partial charge in [0.2, 0.25) is 0 Å². The number of amides is 1. The molecule has 6 nitrogen and oxygen atoms in total. The minimum atomic E-state index is -0.347. The fourth-order valence-corrected chi connectivity index (χ4v) is 2.73. The van der Waals surface area contributed by atoms with Gasteiger partial charge in [-0.25, -0.2) is 0 Å². The molecule has 6 heteroatoms. The van der Waals surface area contributed by atoms with Crippen molar-refractivity contribution in [3.05, 3.63) is 23.8 Å². The third-order valence-corrected chi connectivity index (χ3v) is 3.82. The normalized spacial score (nSPS) is 17.2. The maximum absolute atomic E-state index is 12.7. The topological polar surface area (TPSA) is 62.2 Å². The van der Waals surface area contributed by atoms with Gasteiger partial charge in [-0.1, -0.05) is 6.07 Å². The summed E-state index contributed by atoms with van der Waals surface area (Å²) < 4.78 is 10.6. The van der Waals surface area contributed by atoms with Crippen molar-refractivity contribution >= 4 is 5.91 Å². The third kappa shape index (κ3) is 3.69. The van der Waals surface area contributed by atoms with Gasteiger partial charge in [0.05, 0.1) is 25.9 Å². The number of carbonyl (C=O) groups is 1. The fraction of sp³-hybridized carbons (Fsp3) is 0.562. The van der Waals surface area contributed by atoms with E-state index in [0.717, 1.165) is 13.1 Å². The maximum atomic E-state index is 12.7. The zero-order chi connectivity index (χ0) is 16.1. The molecule has 0 spiro atoms. The minimum Gasteiger partial charge on any atom is -0.493 e. The highest BCUT2D eigenvalue weighted by molar-refractivity contribution is 5.97. The number of aliphatic hydroxyl groups is 1. The summed E-state index contributed by atoms with van der Waals surface area (Å²) >= 11 is 0. The number of hydrogen-bond acceptors (Lipinski definition) is 5. The minimum absolute atomic E-state index is 0.0487. The number of carbonyl (C=O) groups excluding carboxylic acids is 1. The number of rotatable bonds is 5. The van der Waals surface area contributed by atoms with E-state index in [1.165, 1.54) is 7.11 Å².